The highest BCUT2D eigenvalue weighted by molar-refractivity contribution is 9.10. The van der Waals surface area contributed by atoms with Crippen LogP contribution in [0.5, 0.6) is 0 Å². The molecule has 1 atom stereocenters. The molecule has 0 bridgehead atoms. The number of carbonyl (C=O) groups excluding carboxylic acids is 1. The molecule has 1 heterocycles. The number of benzene rings is 1. The zero-order chi connectivity index (χ0) is 14.7. The van der Waals surface area contributed by atoms with Crippen LogP contribution in [0.4, 0.5) is 0 Å². The molecule has 0 aliphatic rings. The SMILES string of the molecule is Cc1c(C(=O)N[C@@H](C)CN)cnn1-c1ccc(Br)cc1.Cl. The average molecular weight is 374 g/mol. The summed E-state index contributed by atoms with van der Waals surface area (Å²) in [6.45, 7) is 4.15. The van der Waals surface area contributed by atoms with Crippen LogP contribution in [0.2, 0.25) is 0 Å². The van der Waals surface area contributed by atoms with E-state index in [1.165, 1.54) is 0 Å². The molecule has 114 valence electrons. The summed E-state index contributed by atoms with van der Waals surface area (Å²) in [7, 11) is 0. The van der Waals surface area contributed by atoms with E-state index in [2.05, 4.69) is 26.3 Å². The minimum atomic E-state index is -0.149. The zero-order valence-electron chi connectivity index (χ0n) is 11.8. The lowest BCUT2D eigenvalue weighted by molar-refractivity contribution is 0.0940. The molecule has 0 aliphatic carbocycles. The zero-order valence-corrected chi connectivity index (χ0v) is 14.2. The molecule has 1 aromatic heterocycles. The molecular weight excluding hydrogens is 356 g/mol. The molecule has 2 rings (SSSR count). The summed E-state index contributed by atoms with van der Waals surface area (Å²) < 4.78 is 2.75. The standard InChI is InChI=1S/C14H17BrN4O.ClH/c1-9(7-16)18-14(20)13-8-17-19(10(13)2)12-5-3-11(15)4-6-12;/h3-6,8-9H,7,16H2,1-2H3,(H,18,20);1H/t9-;/m0./s1. The summed E-state index contributed by atoms with van der Waals surface area (Å²) in [5, 5.41) is 7.11. The molecule has 0 aliphatic heterocycles. The van der Waals surface area contributed by atoms with Crippen LogP contribution in [0.3, 0.4) is 0 Å². The number of carbonyl (C=O) groups is 1. The third-order valence-corrected chi connectivity index (χ3v) is 3.59. The molecule has 0 fully saturated rings. The van der Waals surface area contributed by atoms with Crippen LogP contribution >= 0.6 is 28.3 Å². The van der Waals surface area contributed by atoms with Gasteiger partial charge >= 0.3 is 0 Å². The van der Waals surface area contributed by atoms with E-state index in [1.54, 1.807) is 10.9 Å². The second-order valence-corrected chi connectivity index (χ2v) is 5.56. The Labute approximate surface area is 138 Å². The van der Waals surface area contributed by atoms with Gasteiger partial charge in [-0.15, -0.1) is 12.4 Å². The second kappa shape index (κ2) is 7.59. The highest BCUT2D eigenvalue weighted by atomic mass is 79.9. The van der Waals surface area contributed by atoms with Crippen LogP contribution in [-0.2, 0) is 0 Å². The third-order valence-electron chi connectivity index (χ3n) is 3.06. The fourth-order valence-electron chi connectivity index (χ4n) is 1.84. The van der Waals surface area contributed by atoms with E-state index < -0.39 is 0 Å². The smallest absolute Gasteiger partial charge is 0.255 e. The number of hydrogen-bond donors (Lipinski definition) is 2. The molecular formula is C14H18BrClN4O. The minimum absolute atomic E-state index is 0. The van der Waals surface area contributed by atoms with Crippen molar-refractivity contribution in [2.24, 2.45) is 5.73 Å². The second-order valence-electron chi connectivity index (χ2n) is 4.64. The van der Waals surface area contributed by atoms with Gasteiger partial charge in [0.25, 0.3) is 5.91 Å². The Kier molecular flexibility index (Phi) is 6.39. The highest BCUT2D eigenvalue weighted by Gasteiger charge is 2.16. The van der Waals surface area contributed by atoms with Gasteiger partial charge in [0, 0.05) is 17.1 Å². The Morgan fingerprint density at radius 3 is 2.62 bits per heavy atom. The molecule has 0 saturated heterocycles. The van der Waals surface area contributed by atoms with Gasteiger partial charge < -0.3 is 11.1 Å². The van der Waals surface area contributed by atoms with Gasteiger partial charge in [0.2, 0.25) is 0 Å². The van der Waals surface area contributed by atoms with Crippen LogP contribution < -0.4 is 11.1 Å². The lowest BCUT2D eigenvalue weighted by Crippen LogP contribution is -2.37. The molecule has 2 aromatic rings. The molecule has 0 saturated carbocycles. The summed E-state index contributed by atoms with van der Waals surface area (Å²) in [6, 6.07) is 7.69. The predicted octanol–water partition coefficient (Wildman–Crippen LogP) is 2.44. The number of halogens is 2. The van der Waals surface area contributed by atoms with Gasteiger partial charge in [-0.3, -0.25) is 4.79 Å². The molecule has 0 spiro atoms. The van der Waals surface area contributed by atoms with E-state index in [0.717, 1.165) is 15.9 Å². The summed E-state index contributed by atoms with van der Waals surface area (Å²) in [4.78, 5) is 12.1. The van der Waals surface area contributed by atoms with E-state index in [4.69, 9.17) is 5.73 Å². The van der Waals surface area contributed by atoms with Gasteiger partial charge in [-0.1, -0.05) is 15.9 Å². The number of rotatable bonds is 4. The van der Waals surface area contributed by atoms with Gasteiger partial charge in [-0.05, 0) is 38.1 Å². The highest BCUT2D eigenvalue weighted by Crippen LogP contribution is 2.17. The van der Waals surface area contributed by atoms with E-state index in [9.17, 15) is 4.79 Å². The fraction of sp³-hybridized carbons (Fsp3) is 0.286. The summed E-state index contributed by atoms with van der Waals surface area (Å²) in [6.07, 6.45) is 1.58. The summed E-state index contributed by atoms with van der Waals surface area (Å²) in [5.74, 6) is -0.149. The molecule has 0 radical (unpaired) electrons. The quantitative estimate of drug-likeness (QED) is 0.864. The molecule has 0 unspecified atom stereocenters. The maximum absolute atomic E-state index is 12.1. The van der Waals surface area contributed by atoms with Crippen molar-refractivity contribution in [3.63, 3.8) is 0 Å². The van der Waals surface area contributed by atoms with Crippen LogP contribution in [0.15, 0.2) is 34.9 Å². The first-order valence-electron chi connectivity index (χ1n) is 6.34. The molecule has 1 aromatic carbocycles. The van der Waals surface area contributed by atoms with Gasteiger partial charge in [0.1, 0.15) is 0 Å². The van der Waals surface area contributed by atoms with Gasteiger partial charge in [0.05, 0.1) is 23.1 Å². The number of aromatic nitrogens is 2. The Balaban J connectivity index is 0.00000220. The first kappa shape index (κ1) is 17.7. The number of nitrogens with two attached hydrogens (primary N) is 1. The number of nitrogens with zero attached hydrogens (tertiary/aromatic N) is 2. The van der Waals surface area contributed by atoms with Crippen molar-refractivity contribution in [1.82, 2.24) is 15.1 Å². The van der Waals surface area contributed by atoms with Crippen molar-refractivity contribution >= 4 is 34.2 Å². The Morgan fingerprint density at radius 2 is 2.05 bits per heavy atom. The summed E-state index contributed by atoms with van der Waals surface area (Å²) >= 11 is 3.39. The van der Waals surface area contributed by atoms with Crippen LogP contribution in [-0.4, -0.2) is 28.3 Å². The van der Waals surface area contributed by atoms with Crippen molar-refractivity contribution in [1.29, 1.82) is 0 Å². The van der Waals surface area contributed by atoms with Crippen molar-refractivity contribution < 1.29 is 4.79 Å². The monoisotopic (exact) mass is 372 g/mol. The first-order valence-corrected chi connectivity index (χ1v) is 7.13. The minimum Gasteiger partial charge on any atom is -0.348 e. The number of hydrogen-bond acceptors (Lipinski definition) is 3. The maximum atomic E-state index is 12.1. The van der Waals surface area contributed by atoms with Crippen molar-refractivity contribution in [3.8, 4) is 5.69 Å². The van der Waals surface area contributed by atoms with E-state index >= 15 is 0 Å². The summed E-state index contributed by atoms with van der Waals surface area (Å²) in [5.41, 5.74) is 7.78. The van der Waals surface area contributed by atoms with Crippen molar-refractivity contribution in [2.45, 2.75) is 19.9 Å². The lowest BCUT2D eigenvalue weighted by Gasteiger charge is -2.11. The van der Waals surface area contributed by atoms with E-state index in [0.29, 0.717) is 12.1 Å². The normalized spacial score (nSPS) is 11.6. The predicted molar refractivity (Wildman–Crippen MR) is 89.2 cm³/mol. The molecule has 21 heavy (non-hydrogen) atoms. The van der Waals surface area contributed by atoms with Crippen LogP contribution in [0.25, 0.3) is 5.69 Å². The number of amides is 1. The van der Waals surface area contributed by atoms with Gasteiger partial charge in [-0.25, -0.2) is 4.68 Å². The average Bonchev–Trinajstić information content (AvgIpc) is 2.81. The fourth-order valence-corrected chi connectivity index (χ4v) is 2.10. The molecule has 1 amide bonds. The van der Waals surface area contributed by atoms with Gasteiger partial charge in [-0.2, -0.15) is 5.10 Å². The van der Waals surface area contributed by atoms with Crippen molar-refractivity contribution in [2.75, 3.05) is 6.54 Å². The Hall–Kier alpha value is -1.37. The van der Waals surface area contributed by atoms with E-state index in [-0.39, 0.29) is 24.4 Å². The third kappa shape index (κ3) is 4.06. The lowest BCUT2D eigenvalue weighted by atomic mass is 10.2. The largest absolute Gasteiger partial charge is 0.348 e. The number of nitrogens with one attached hydrogen (secondary N) is 1. The van der Waals surface area contributed by atoms with Crippen LogP contribution in [0, 0.1) is 6.92 Å². The van der Waals surface area contributed by atoms with Crippen molar-refractivity contribution in [3.05, 3.63) is 46.2 Å². The first-order chi connectivity index (χ1) is 9.52. The van der Waals surface area contributed by atoms with E-state index in [1.807, 2.05) is 38.1 Å². The van der Waals surface area contributed by atoms with Crippen LogP contribution in [0.1, 0.15) is 23.0 Å². The molecule has 5 nitrogen and oxygen atoms in total. The molecule has 7 heteroatoms. The van der Waals surface area contributed by atoms with Gasteiger partial charge in [0.15, 0.2) is 0 Å². The Morgan fingerprint density at radius 1 is 1.43 bits per heavy atom. The maximum Gasteiger partial charge on any atom is 0.255 e. The molecule has 3 N–H and O–H groups in total. The topological polar surface area (TPSA) is 72.9 Å². The Bertz CT molecular complexity index is 612.